The van der Waals surface area contributed by atoms with Crippen LogP contribution in [0.5, 0.6) is 11.5 Å². The van der Waals surface area contributed by atoms with Gasteiger partial charge in [-0.05, 0) is 36.8 Å². The molecule has 0 atom stereocenters. The summed E-state index contributed by atoms with van der Waals surface area (Å²) in [5, 5.41) is 10.1. The van der Waals surface area contributed by atoms with E-state index in [1.807, 2.05) is 12.1 Å². The van der Waals surface area contributed by atoms with Gasteiger partial charge in [-0.1, -0.05) is 12.1 Å². The Labute approximate surface area is 121 Å². The molecule has 1 N–H and O–H groups in total. The lowest BCUT2D eigenvalue weighted by atomic mass is 10.0. The topological polar surface area (TPSA) is 59.7 Å². The third-order valence-corrected chi connectivity index (χ3v) is 3.56. The smallest absolute Gasteiger partial charge is 0.200 e. The van der Waals surface area contributed by atoms with Crippen molar-refractivity contribution in [1.82, 2.24) is 0 Å². The number of fused-ring (bicyclic) bond motifs is 1. The van der Waals surface area contributed by atoms with Crippen molar-refractivity contribution in [2.24, 2.45) is 0 Å². The number of phenols is 1. The Morgan fingerprint density at radius 1 is 1.10 bits per heavy atom. The molecule has 0 aliphatic heterocycles. The summed E-state index contributed by atoms with van der Waals surface area (Å²) in [6.45, 7) is 1.72. The Kier molecular flexibility index (Phi) is 3.14. The van der Waals surface area contributed by atoms with Crippen LogP contribution in [0.2, 0.25) is 0 Å². The van der Waals surface area contributed by atoms with E-state index >= 15 is 0 Å². The fourth-order valence-corrected chi connectivity index (χ4v) is 2.30. The average Bonchev–Trinajstić information content (AvgIpc) is 2.52. The highest BCUT2D eigenvalue weighted by molar-refractivity contribution is 5.85. The van der Waals surface area contributed by atoms with E-state index in [0.29, 0.717) is 22.1 Å². The molecule has 4 heteroatoms. The molecular formula is C17H14O4. The molecule has 0 saturated carbocycles. The third kappa shape index (κ3) is 2.14. The van der Waals surface area contributed by atoms with Gasteiger partial charge in [-0.3, -0.25) is 4.79 Å². The summed E-state index contributed by atoms with van der Waals surface area (Å²) in [6, 6.07) is 10.3. The highest BCUT2D eigenvalue weighted by Gasteiger charge is 2.12. The first-order chi connectivity index (χ1) is 10.1. The Hall–Kier alpha value is -2.75. The van der Waals surface area contributed by atoms with Gasteiger partial charge in [0.15, 0.2) is 0 Å². The van der Waals surface area contributed by atoms with Gasteiger partial charge >= 0.3 is 0 Å². The summed E-state index contributed by atoms with van der Waals surface area (Å²) in [5.74, 6) is 0.840. The van der Waals surface area contributed by atoms with E-state index < -0.39 is 0 Å². The Balaban J connectivity index is 2.22. The molecule has 0 fully saturated rings. The van der Waals surface area contributed by atoms with Crippen LogP contribution in [0.25, 0.3) is 22.1 Å². The zero-order valence-corrected chi connectivity index (χ0v) is 11.7. The minimum Gasteiger partial charge on any atom is -0.508 e. The van der Waals surface area contributed by atoms with Crippen molar-refractivity contribution in [1.29, 1.82) is 0 Å². The second kappa shape index (κ2) is 4.98. The van der Waals surface area contributed by atoms with Crippen LogP contribution in [0, 0.1) is 6.92 Å². The van der Waals surface area contributed by atoms with E-state index in [2.05, 4.69) is 0 Å². The molecule has 0 saturated heterocycles. The normalized spacial score (nSPS) is 10.8. The van der Waals surface area contributed by atoms with E-state index in [1.54, 1.807) is 32.2 Å². The minimum atomic E-state index is -0.121. The summed E-state index contributed by atoms with van der Waals surface area (Å²) in [7, 11) is 1.59. The molecule has 4 nitrogen and oxygen atoms in total. The number of phenolic OH excluding ortho intramolecular Hbond substituents is 1. The standard InChI is InChI=1S/C17H14O4/c1-10-15(18)8-7-13-16(19)14(9-21-17(10)13)11-3-5-12(20-2)6-4-11/h3-9,18H,1-2H3. The van der Waals surface area contributed by atoms with E-state index in [4.69, 9.17) is 9.15 Å². The molecule has 0 aliphatic rings. The predicted molar refractivity (Wildman–Crippen MR) is 80.9 cm³/mol. The van der Waals surface area contributed by atoms with Gasteiger partial charge in [0.2, 0.25) is 5.43 Å². The van der Waals surface area contributed by atoms with Crippen LogP contribution in [-0.4, -0.2) is 12.2 Å². The van der Waals surface area contributed by atoms with Crippen molar-refractivity contribution < 1.29 is 14.3 Å². The van der Waals surface area contributed by atoms with Gasteiger partial charge in [-0.25, -0.2) is 0 Å². The van der Waals surface area contributed by atoms with Gasteiger partial charge in [0, 0.05) is 5.56 Å². The molecule has 0 amide bonds. The fourth-order valence-electron chi connectivity index (χ4n) is 2.30. The van der Waals surface area contributed by atoms with Crippen LogP contribution in [0.4, 0.5) is 0 Å². The van der Waals surface area contributed by atoms with E-state index in [0.717, 1.165) is 11.3 Å². The number of hydrogen-bond acceptors (Lipinski definition) is 4. The van der Waals surface area contributed by atoms with Crippen molar-refractivity contribution in [3.63, 3.8) is 0 Å². The van der Waals surface area contributed by atoms with Crippen molar-refractivity contribution in [2.45, 2.75) is 6.92 Å². The SMILES string of the molecule is COc1ccc(-c2coc3c(C)c(O)ccc3c2=O)cc1. The van der Waals surface area contributed by atoms with E-state index in [-0.39, 0.29) is 11.2 Å². The van der Waals surface area contributed by atoms with Crippen molar-refractivity contribution in [3.05, 3.63) is 58.4 Å². The second-order valence-corrected chi connectivity index (χ2v) is 4.79. The first kappa shape index (κ1) is 13.2. The lowest BCUT2D eigenvalue weighted by Crippen LogP contribution is -2.05. The zero-order valence-electron chi connectivity index (χ0n) is 11.7. The van der Waals surface area contributed by atoms with Crippen molar-refractivity contribution >= 4 is 11.0 Å². The maximum Gasteiger partial charge on any atom is 0.200 e. The number of ether oxygens (including phenoxy) is 1. The molecule has 3 aromatic rings. The Morgan fingerprint density at radius 2 is 1.81 bits per heavy atom. The number of aromatic hydroxyl groups is 1. The largest absolute Gasteiger partial charge is 0.508 e. The van der Waals surface area contributed by atoms with Crippen LogP contribution in [0.3, 0.4) is 0 Å². The Bertz CT molecular complexity index is 860. The first-order valence-electron chi connectivity index (χ1n) is 6.50. The molecule has 1 heterocycles. The predicted octanol–water partition coefficient (Wildman–Crippen LogP) is 3.48. The van der Waals surface area contributed by atoms with Gasteiger partial charge in [0.1, 0.15) is 23.3 Å². The van der Waals surface area contributed by atoms with Gasteiger partial charge in [0.05, 0.1) is 18.1 Å². The fraction of sp³-hybridized carbons (Fsp3) is 0.118. The molecule has 106 valence electrons. The molecule has 0 aliphatic carbocycles. The zero-order chi connectivity index (χ0) is 15.0. The number of benzene rings is 2. The molecule has 0 bridgehead atoms. The van der Waals surface area contributed by atoms with Crippen LogP contribution in [-0.2, 0) is 0 Å². The molecule has 0 unspecified atom stereocenters. The maximum absolute atomic E-state index is 12.6. The molecule has 0 radical (unpaired) electrons. The van der Waals surface area contributed by atoms with Gasteiger partial charge in [-0.2, -0.15) is 0 Å². The number of aryl methyl sites for hydroxylation is 1. The number of hydrogen-bond donors (Lipinski definition) is 1. The second-order valence-electron chi connectivity index (χ2n) is 4.79. The van der Waals surface area contributed by atoms with Gasteiger partial charge in [0.25, 0.3) is 0 Å². The molecule has 21 heavy (non-hydrogen) atoms. The quantitative estimate of drug-likeness (QED) is 0.781. The summed E-state index contributed by atoms with van der Waals surface area (Å²) < 4.78 is 10.7. The lowest BCUT2D eigenvalue weighted by Gasteiger charge is -2.06. The van der Waals surface area contributed by atoms with E-state index in [9.17, 15) is 9.90 Å². The molecule has 0 spiro atoms. The summed E-state index contributed by atoms with van der Waals surface area (Å²) in [4.78, 5) is 12.6. The van der Waals surface area contributed by atoms with Crippen LogP contribution >= 0.6 is 0 Å². The van der Waals surface area contributed by atoms with Gasteiger partial charge < -0.3 is 14.3 Å². The van der Waals surface area contributed by atoms with Crippen LogP contribution in [0.1, 0.15) is 5.56 Å². The lowest BCUT2D eigenvalue weighted by molar-refractivity contribution is 0.415. The van der Waals surface area contributed by atoms with Crippen LogP contribution in [0.15, 0.2) is 51.9 Å². The molecule has 3 rings (SSSR count). The summed E-state index contributed by atoms with van der Waals surface area (Å²) in [5.41, 5.74) is 2.10. The minimum absolute atomic E-state index is 0.114. The highest BCUT2D eigenvalue weighted by Crippen LogP contribution is 2.27. The van der Waals surface area contributed by atoms with Crippen LogP contribution < -0.4 is 10.2 Å². The number of methoxy groups -OCH3 is 1. The van der Waals surface area contributed by atoms with E-state index in [1.165, 1.54) is 12.3 Å². The molecule has 1 aromatic heterocycles. The number of rotatable bonds is 2. The first-order valence-corrected chi connectivity index (χ1v) is 6.50. The molecular weight excluding hydrogens is 268 g/mol. The van der Waals surface area contributed by atoms with Crippen molar-refractivity contribution in [2.75, 3.05) is 7.11 Å². The average molecular weight is 282 g/mol. The summed E-state index contributed by atoms with van der Waals surface area (Å²) >= 11 is 0. The molecule has 2 aromatic carbocycles. The van der Waals surface area contributed by atoms with Crippen molar-refractivity contribution in [3.8, 4) is 22.6 Å². The third-order valence-electron chi connectivity index (χ3n) is 3.56. The van der Waals surface area contributed by atoms with Gasteiger partial charge in [-0.15, -0.1) is 0 Å². The Morgan fingerprint density at radius 3 is 2.48 bits per heavy atom. The monoisotopic (exact) mass is 282 g/mol. The summed E-state index contributed by atoms with van der Waals surface area (Å²) in [6.07, 6.45) is 1.43. The highest BCUT2D eigenvalue weighted by atomic mass is 16.5. The maximum atomic E-state index is 12.6.